The van der Waals surface area contributed by atoms with Crippen LogP contribution in [-0.2, 0) is 59.1 Å². The van der Waals surface area contributed by atoms with Gasteiger partial charge in [-0.15, -0.1) is 0 Å². The van der Waals surface area contributed by atoms with Gasteiger partial charge in [0.05, 0.1) is 24.9 Å². The third kappa shape index (κ3) is 28.0. The van der Waals surface area contributed by atoms with E-state index in [4.69, 9.17) is 66.7 Å². The molecule has 11 rings (SSSR count). The van der Waals surface area contributed by atoms with E-state index in [9.17, 15) is 54.0 Å². The minimum absolute atomic E-state index is 0.0432. The second-order valence-electron chi connectivity index (χ2n) is 30.1. The summed E-state index contributed by atoms with van der Waals surface area (Å²) in [5.74, 6) is -3.12. The monoisotopic (exact) mass is 1660 g/mol. The number of aliphatic hydroxyl groups excluding tert-OH is 3. The molecule has 24 heteroatoms. The van der Waals surface area contributed by atoms with Crippen molar-refractivity contribution in [1.29, 1.82) is 0 Å². The molecule has 11 atom stereocenters. The molecule has 0 aliphatic carbocycles. The van der Waals surface area contributed by atoms with Gasteiger partial charge in [-0.3, -0.25) is 34.3 Å². The topological polar surface area (TPSA) is 290 Å². The molecule has 0 aromatic heterocycles. The third-order valence-electron chi connectivity index (χ3n) is 19.2. The highest BCUT2D eigenvalue weighted by Gasteiger charge is 2.56. The van der Waals surface area contributed by atoms with E-state index < -0.39 is 96.0 Å². The van der Waals surface area contributed by atoms with E-state index in [1.165, 1.54) is 5.56 Å². The summed E-state index contributed by atoms with van der Waals surface area (Å²) in [5, 5.41) is 53.7. The van der Waals surface area contributed by atoms with Gasteiger partial charge in [-0.1, -0.05) is 271 Å². The van der Waals surface area contributed by atoms with Crippen molar-refractivity contribution in [2.24, 2.45) is 5.73 Å². The van der Waals surface area contributed by atoms with Gasteiger partial charge in [-0.2, -0.15) is 0 Å². The predicted octanol–water partition coefficient (Wildman–Crippen LogP) is 18.0. The van der Waals surface area contributed by atoms with Crippen molar-refractivity contribution < 1.29 is 68.6 Å². The van der Waals surface area contributed by atoms with Crippen LogP contribution in [-0.4, -0.2) is 142 Å². The first-order valence-electron chi connectivity index (χ1n) is 38.5. The summed E-state index contributed by atoms with van der Waals surface area (Å²) < 4.78 is 11.2. The summed E-state index contributed by atoms with van der Waals surface area (Å²) in [6, 6.07) is 74.3. The van der Waals surface area contributed by atoms with Crippen LogP contribution in [0.25, 0.3) is 0 Å². The van der Waals surface area contributed by atoms with Crippen LogP contribution in [0.2, 0.25) is 20.1 Å². The number of carbonyl (C=O) groups excluding carboxylic acids is 5. The van der Waals surface area contributed by atoms with Crippen molar-refractivity contribution in [2.75, 3.05) is 6.54 Å². The van der Waals surface area contributed by atoms with Crippen molar-refractivity contribution in [3.05, 3.63) is 319 Å². The largest absolute Gasteiger partial charge is 0.480 e. The van der Waals surface area contributed by atoms with Crippen molar-refractivity contribution >= 4 is 88.6 Å². The number of nitrogens with two attached hydrogens (primary N) is 1. The number of ether oxygens (including phenoxy) is 2. The standard InChI is InChI=1S/C31H34Cl2N2O4.C22H24Cl2N2O3.C19H23NO3.C11H15NO3.C9H10O/c1-20(22-14-9-6-10-15-22)34-27(25(36)19-18-21-12-7-5-8-13-21)29(37)35(30(38)39-31(2,3)4)28(34)26-23(32)16-11-17-24(26)33;1-14(15-9-6-5-7-10-15)25-13-18(27)26(21(28)29-22(2,3)4)20(25)19-16(23)11-8-12-17(19)24;1-14(16-10-6-3-7-11-16)20-18(19(22)23)17(21)13-12-15-8-4-2-5-9-15;12-10(11(14)15)9(13)7-6-8-4-2-1-3-5-8;10-8-4-7-9-5-2-1-3-6-9/h5-17,20,25,27-28,36H,18-19H2,1-4H3;5-12,14,20H,13H2,1-4H3;2-11,14,17-18,20-21H,12-13H2,1H3,(H,22,23);1-5,9-10,13H,6-7,12H2,(H,14,15);1-3,5-6,8H,4,7H2/t20-,25-,27+,28-;14-,20-;14-,17-,18+;9-,10+;/m1111./s1. The summed E-state index contributed by atoms with van der Waals surface area (Å²) in [6.45, 7) is 16.3. The lowest BCUT2D eigenvalue weighted by Crippen LogP contribution is -2.47. The van der Waals surface area contributed by atoms with E-state index in [2.05, 4.69) is 5.32 Å². The molecule has 0 spiro atoms. The van der Waals surface area contributed by atoms with E-state index in [0.717, 1.165) is 55.9 Å². The Kier molecular flexibility index (Phi) is 36.9. The molecule has 116 heavy (non-hydrogen) atoms. The van der Waals surface area contributed by atoms with Crippen LogP contribution in [0.1, 0.15) is 169 Å². The maximum Gasteiger partial charge on any atom is 0.418 e. The van der Waals surface area contributed by atoms with Gasteiger partial charge < -0.3 is 45.5 Å². The lowest BCUT2D eigenvalue weighted by molar-refractivity contribution is -0.143. The van der Waals surface area contributed by atoms with Gasteiger partial charge >= 0.3 is 24.1 Å². The van der Waals surface area contributed by atoms with Crippen molar-refractivity contribution in [3.8, 4) is 0 Å². The Morgan fingerprint density at radius 1 is 0.474 bits per heavy atom. The average molecular weight is 1660 g/mol. The zero-order chi connectivity index (χ0) is 84.8. The highest BCUT2D eigenvalue weighted by atomic mass is 35.5. The van der Waals surface area contributed by atoms with Gasteiger partial charge in [-0.25, -0.2) is 19.4 Å². The lowest BCUT2D eigenvalue weighted by atomic mass is 9.97. The molecule has 20 nitrogen and oxygen atoms in total. The molecule has 0 saturated carbocycles. The highest BCUT2D eigenvalue weighted by molar-refractivity contribution is 6.36. The fraction of sp³-hybridized carbons (Fsp3) is 0.337. The number of carboxylic acid groups (broad SMARTS) is 2. The van der Waals surface area contributed by atoms with Gasteiger partial charge in [0, 0.05) is 55.8 Å². The number of amides is 4. The van der Waals surface area contributed by atoms with Crippen LogP contribution < -0.4 is 11.1 Å². The minimum Gasteiger partial charge on any atom is -0.480 e. The quantitative estimate of drug-likeness (QED) is 0.0248. The fourth-order valence-corrected chi connectivity index (χ4v) is 14.4. The second-order valence-corrected chi connectivity index (χ2v) is 31.8. The number of hydrogen-bond acceptors (Lipinski definition) is 16. The molecule has 616 valence electrons. The number of aryl methyl sites for hydroxylation is 4. The van der Waals surface area contributed by atoms with Crippen LogP contribution in [0.3, 0.4) is 0 Å². The summed E-state index contributed by atoms with van der Waals surface area (Å²) in [7, 11) is 0. The molecule has 8 N–H and O–H groups in total. The summed E-state index contributed by atoms with van der Waals surface area (Å²) in [6.07, 6.45) is -0.990. The second kappa shape index (κ2) is 45.7. The Bertz CT molecular complexity index is 4520. The first kappa shape index (κ1) is 93.5. The fourth-order valence-electron chi connectivity index (χ4n) is 13.2. The number of benzene rings is 9. The molecule has 2 aliphatic heterocycles. The number of aliphatic carboxylic acids is 2. The van der Waals surface area contributed by atoms with Crippen LogP contribution in [0.4, 0.5) is 9.59 Å². The Labute approximate surface area is 700 Å². The van der Waals surface area contributed by atoms with E-state index in [0.29, 0.717) is 76.2 Å². The number of nitrogens with one attached hydrogen (secondary N) is 1. The predicted molar refractivity (Wildman–Crippen MR) is 455 cm³/mol. The van der Waals surface area contributed by atoms with Crippen molar-refractivity contribution in [2.45, 2.75) is 192 Å². The molecular weight excluding hydrogens is 1550 g/mol. The molecule has 0 bridgehead atoms. The summed E-state index contributed by atoms with van der Waals surface area (Å²) in [5.41, 5.74) is 11.9. The summed E-state index contributed by atoms with van der Waals surface area (Å²) >= 11 is 26.3. The van der Waals surface area contributed by atoms with Gasteiger partial charge in [0.15, 0.2) is 0 Å². The third-order valence-corrected chi connectivity index (χ3v) is 20.6. The molecule has 9 aromatic rings. The highest BCUT2D eigenvalue weighted by Crippen LogP contribution is 2.48. The summed E-state index contributed by atoms with van der Waals surface area (Å²) in [4.78, 5) is 91.6. The number of aliphatic hydroxyl groups is 3. The van der Waals surface area contributed by atoms with Crippen LogP contribution in [0, 0.1) is 0 Å². The number of imide groups is 2. The molecular formula is C92H106Cl4N6O14. The zero-order valence-electron chi connectivity index (χ0n) is 66.8. The van der Waals surface area contributed by atoms with Gasteiger partial charge in [0.25, 0.3) is 5.91 Å². The Morgan fingerprint density at radius 3 is 1.22 bits per heavy atom. The molecule has 2 aliphatic rings. The molecule has 9 aromatic carbocycles. The van der Waals surface area contributed by atoms with Crippen molar-refractivity contribution in [1.82, 2.24) is 24.9 Å². The Balaban J connectivity index is 0.000000214. The smallest absolute Gasteiger partial charge is 0.418 e. The van der Waals surface area contributed by atoms with Gasteiger partial charge in [-0.05, 0) is 170 Å². The molecule has 2 fully saturated rings. The number of hydrogen-bond donors (Lipinski definition) is 7. The average Bonchev–Trinajstić information content (AvgIpc) is 1.58. The Hall–Kier alpha value is -9.65. The zero-order valence-corrected chi connectivity index (χ0v) is 69.8. The van der Waals surface area contributed by atoms with Gasteiger partial charge in [0.2, 0.25) is 5.91 Å². The molecule has 4 amide bonds. The number of rotatable bonds is 26. The molecule has 0 unspecified atom stereocenters. The first-order valence-corrected chi connectivity index (χ1v) is 40.0. The first-order chi connectivity index (χ1) is 55.2. The lowest BCUT2D eigenvalue weighted by Gasteiger charge is -2.37. The minimum atomic E-state index is -1.20. The van der Waals surface area contributed by atoms with E-state index in [-0.39, 0.29) is 24.5 Å². The number of carbonyl (C=O) groups is 7. The maximum absolute atomic E-state index is 14.2. The Morgan fingerprint density at radius 2 is 0.828 bits per heavy atom. The van der Waals surface area contributed by atoms with Crippen LogP contribution in [0.15, 0.2) is 249 Å². The van der Waals surface area contributed by atoms with Gasteiger partial charge in [0.1, 0.15) is 47.9 Å². The number of carboxylic acids is 2. The number of aldehydes is 1. The van der Waals surface area contributed by atoms with Crippen LogP contribution >= 0.6 is 46.4 Å². The molecule has 0 radical (unpaired) electrons. The van der Waals surface area contributed by atoms with Crippen molar-refractivity contribution in [3.63, 3.8) is 0 Å². The molecule has 2 saturated heterocycles. The van der Waals surface area contributed by atoms with E-state index in [1.807, 2.05) is 243 Å². The van der Waals surface area contributed by atoms with E-state index >= 15 is 0 Å². The molecule has 2 heterocycles. The van der Waals surface area contributed by atoms with Crippen LogP contribution in [0.5, 0.6) is 0 Å². The number of halogens is 4. The van der Waals surface area contributed by atoms with E-state index in [1.54, 1.807) is 77.9 Å². The SMILES string of the molecule is C[C@@H](N[C@H](C(=O)O)[C@H](O)CCc1ccccc1)c1ccccc1.C[C@H](c1ccccc1)N1CC(=O)N(C(=O)OC(C)(C)C)[C@@H]1c1c(Cl)cccc1Cl.C[C@H](c1ccccc1)N1[C@@H]([C@H](O)CCc2ccccc2)C(=O)N(C(=O)OC(C)(C)C)[C@@H]1c1c(Cl)cccc1Cl.N[C@H](C(=O)O)[C@H](O)CCc1ccccc1.O=CCCc1ccccc1. The normalized spacial score (nSPS) is 16.9. The maximum atomic E-state index is 14.2. The number of nitrogens with zero attached hydrogens (tertiary/aromatic N) is 4.